The third-order valence-corrected chi connectivity index (χ3v) is 4.39. The normalized spacial score (nSPS) is 23.5. The Labute approximate surface area is 146 Å². The maximum absolute atomic E-state index is 12.3. The van der Waals surface area contributed by atoms with Gasteiger partial charge in [-0.1, -0.05) is 37.9 Å². The topological polar surface area (TPSA) is 102 Å². The average Bonchev–Trinajstić information content (AvgIpc) is 2.75. The summed E-state index contributed by atoms with van der Waals surface area (Å²) in [5.74, 6) is -0.580. The van der Waals surface area contributed by atoms with Crippen molar-refractivity contribution in [3.05, 3.63) is 0 Å². The molecule has 1 saturated heterocycles. The van der Waals surface area contributed by atoms with Crippen molar-refractivity contribution >= 4 is 28.9 Å². The van der Waals surface area contributed by atoms with Gasteiger partial charge in [0, 0.05) is 12.2 Å². The molecule has 0 spiro atoms. The van der Waals surface area contributed by atoms with Crippen molar-refractivity contribution in [3.8, 4) is 0 Å². The van der Waals surface area contributed by atoms with Gasteiger partial charge in [0.2, 0.25) is 0 Å². The minimum Gasteiger partial charge on any atom is -1.00 e. The van der Waals surface area contributed by atoms with Crippen LogP contribution in [0.4, 0.5) is 0 Å². The van der Waals surface area contributed by atoms with E-state index in [9.17, 15) is 9.59 Å². The summed E-state index contributed by atoms with van der Waals surface area (Å²) in [7, 11) is 0. The van der Waals surface area contributed by atoms with E-state index >= 15 is 0 Å². The Balaban J connectivity index is 0.00000441. The lowest BCUT2D eigenvalue weighted by Crippen LogP contribution is -3.00. The van der Waals surface area contributed by atoms with E-state index < -0.39 is 23.5 Å². The SMILES string of the molecule is CCCCCC1(C(=O)OCC)CC(CSC(=N)N)OC1=O.[Br-]. The summed E-state index contributed by atoms with van der Waals surface area (Å²) >= 11 is 1.12. The number of hydrogen-bond donors (Lipinski definition) is 2. The molecule has 8 heteroatoms. The molecule has 6 nitrogen and oxygen atoms in total. The van der Waals surface area contributed by atoms with Crippen molar-refractivity contribution in [2.75, 3.05) is 12.4 Å². The van der Waals surface area contributed by atoms with E-state index in [4.69, 9.17) is 20.6 Å². The Hall–Kier alpha value is -0.760. The summed E-state index contributed by atoms with van der Waals surface area (Å²) < 4.78 is 10.4. The molecule has 1 fully saturated rings. The number of amidine groups is 1. The predicted molar refractivity (Wildman–Crippen MR) is 82.1 cm³/mol. The zero-order valence-electron chi connectivity index (χ0n) is 13.0. The van der Waals surface area contributed by atoms with E-state index in [2.05, 4.69) is 6.92 Å². The van der Waals surface area contributed by atoms with Gasteiger partial charge in [0.15, 0.2) is 10.6 Å². The molecular formula is C14H24BrN2O4S-. The fourth-order valence-corrected chi connectivity index (χ4v) is 3.02. The van der Waals surface area contributed by atoms with Gasteiger partial charge < -0.3 is 32.2 Å². The van der Waals surface area contributed by atoms with Gasteiger partial charge in [-0.15, -0.1) is 0 Å². The van der Waals surface area contributed by atoms with Gasteiger partial charge in [-0.3, -0.25) is 15.0 Å². The number of thioether (sulfide) groups is 1. The monoisotopic (exact) mass is 395 g/mol. The van der Waals surface area contributed by atoms with E-state index in [0.717, 1.165) is 31.0 Å². The summed E-state index contributed by atoms with van der Waals surface area (Å²) in [6.45, 7) is 4.03. The quantitative estimate of drug-likeness (QED) is 0.181. The van der Waals surface area contributed by atoms with Gasteiger partial charge in [-0.25, -0.2) is 0 Å². The lowest BCUT2D eigenvalue weighted by molar-refractivity contribution is -0.165. The second-order valence-corrected chi connectivity index (χ2v) is 6.23. The molecule has 2 atom stereocenters. The molecule has 1 rings (SSSR count). The van der Waals surface area contributed by atoms with Gasteiger partial charge in [0.05, 0.1) is 6.61 Å². The van der Waals surface area contributed by atoms with Gasteiger partial charge in [-0.05, 0) is 13.3 Å². The molecule has 0 aliphatic carbocycles. The molecule has 0 saturated carbocycles. The van der Waals surface area contributed by atoms with E-state index in [1.807, 2.05) is 0 Å². The smallest absolute Gasteiger partial charge is 0.323 e. The second kappa shape index (κ2) is 10.1. The van der Waals surface area contributed by atoms with Crippen LogP contribution in [0.3, 0.4) is 0 Å². The summed E-state index contributed by atoms with van der Waals surface area (Å²) in [6, 6.07) is 0. The highest BCUT2D eigenvalue weighted by Crippen LogP contribution is 2.41. The standard InChI is InChI=1S/C14H24N2O4S.BrH/c1-3-5-6-7-14(11(17)19-4-2)8-10(20-12(14)18)9-21-13(15)16;/h10H,3-9H2,1-2H3,(H3,15,16);1H/p-1. The zero-order valence-corrected chi connectivity index (χ0v) is 15.4. The molecule has 0 radical (unpaired) electrons. The molecular weight excluding hydrogens is 372 g/mol. The third kappa shape index (κ3) is 5.46. The number of nitrogens with one attached hydrogen (secondary N) is 1. The summed E-state index contributed by atoms with van der Waals surface area (Å²) in [4.78, 5) is 24.5. The van der Waals surface area contributed by atoms with Crippen LogP contribution < -0.4 is 22.7 Å². The predicted octanol–water partition coefficient (Wildman–Crippen LogP) is -0.938. The minimum atomic E-state index is -1.17. The van der Waals surface area contributed by atoms with Crippen LogP contribution in [0.5, 0.6) is 0 Å². The highest BCUT2D eigenvalue weighted by Gasteiger charge is 2.55. The molecule has 2 unspecified atom stereocenters. The van der Waals surface area contributed by atoms with E-state index in [1.165, 1.54) is 0 Å². The highest BCUT2D eigenvalue weighted by atomic mass is 79.9. The van der Waals surface area contributed by atoms with Crippen LogP contribution >= 0.6 is 11.8 Å². The van der Waals surface area contributed by atoms with Crippen LogP contribution in [0.1, 0.15) is 46.0 Å². The molecule has 0 aromatic carbocycles. The number of esters is 2. The Bertz CT molecular complexity index is 408. The van der Waals surface area contributed by atoms with Gasteiger partial charge >= 0.3 is 11.9 Å². The number of carbonyl (C=O) groups is 2. The largest absolute Gasteiger partial charge is 1.00 e. The first-order chi connectivity index (χ1) is 9.96. The highest BCUT2D eigenvalue weighted by molar-refractivity contribution is 8.13. The van der Waals surface area contributed by atoms with Crippen molar-refractivity contribution < 1.29 is 36.0 Å². The fraction of sp³-hybridized carbons (Fsp3) is 0.786. The molecule has 128 valence electrons. The molecule has 0 aromatic heterocycles. The Morgan fingerprint density at radius 3 is 2.73 bits per heavy atom. The first kappa shape index (κ1) is 21.2. The van der Waals surface area contributed by atoms with Crippen molar-refractivity contribution in [3.63, 3.8) is 0 Å². The van der Waals surface area contributed by atoms with Crippen molar-refractivity contribution in [1.29, 1.82) is 5.41 Å². The van der Waals surface area contributed by atoms with Gasteiger partial charge in [-0.2, -0.15) is 0 Å². The first-order valence-electron chi connectivity index (χ1n) is 7.31. The van der Waals surface area contributed by atoms with Crippen LogP contribution in [-0.2, 0) is 19.1 Å². The number of halogens is 1. The van der Waals surface area contributed by atoms with Crippen molar-refractivity contribution in [1.82, 2.24) is 0 Å². The lowest BCUT2D eigenvalue weighted by Gasteiger charge is -2.22. The number of nitrogens with two attached hydrogens (primary N) is 1. The molecule has 1 heterocycles. The van der Waals surface area contributed by atoms with E-state index in [1.54, 1.807) is 6.92 Å². The van der Waals surface area contributed by atoms with Crippen LogP contribution in [0.25, 0.3) is 0 Å². The van der Waals surface area contributed by atoms with Crippen LogP contribution in [-0.4, -0.2) is 35.6 Å². The van der Waals surface area contributed by atoms with E-state index in [0.29, 0.717) is 18.6 Å². The Morgan fingerprint density at radius 2 is 2.18 bits per heavy atom. The fourth-order valence-electron chi connectivity index (χ4n) is 2.47. The Morgan fingerprint density at radius 1 is 1.50 bits per heavy atom. The summed E-state index contributed by atoms with van der Waals surface area (Å²) in [5.41, 5.74) is 4.12. The average molecular weight is 396 g/mol. The number of cyclic esters (lactones) is 1. The molecule has 0 amide bonds. The third-order valence-electron chi connectivity index (χ3n) is 3.54. The number of rotatable bonds is 8. The van der Waals surface area contributed by atoms with E-state index in [-0.39, 0.29) is 28.8 Å². The summed E-state index contributed by atoms with van der Waals surface area (Å²) in [5, 5.41) is 7.18. The lowest BCUT2D eigenvalue weighted by atomic mass is 9.80. The first-order valence-corrected chi connectivity index (χ1v) is 8.30. The minimum absolute atomic E-state index is 0. The van der Waals surface area contributed by atoms with Crippen LogP contribution in [0, 0.1) is 10.8 Å². The number of unbranched alkanes of at least 4 members (excludes halogenated alkanes) is 2. The maximum Gasteiger partial charge on any atom is 0.323 e. The van der Waals surface area contributed by atoms with Crippen molar-refractivity contribution in [2.24, 2.45) is 11.1 Å². The number of carbonyl (C=O) groups excluding carboxylic acids is 2. The molecule has 1 aliphatic rings. The van der Waals surface area contributed by atoms with Crippen molar-refractivity contribution in [2.45, 2.75) is 52.1 Å². The van der Waals surface area contributed by atoms with Crippen LogP contribution in [0.2, 0.25) is 0 Å². The molecule has 22 heavy (non-hydrogen) atoms. The number of hydrogen-bond acceptors (Lipinski definition) is 6. The molecule has 0 bridgehead atoms. The zero-order chi connectivity index (χ0) is 15.9. The van der Waals surface area contributed by atoms with Gasteiger partial charge in [0.1, 0.15) is 6.10 Å². The van der Waals surface area contributed by atoms with Gasteiger partial charge in [0.25, 0.3) is 0 Å². The molecule has 1 aliphatic heterocycles. The molecule has 3 N–H and O–H groups in total. The molecule has 0 aromatic rings. The van der Waals surface area contributed by atoms with Crippen LogP contribution in [0.15, 0.2) is 0 Å². The maximum atomic E-state index is 12.3. The second-order valence-electron chi connectivity index (χ2n) is 5.17. The Kier molecular flexibility index (Phi) is 9.75. The number of ether oxygens (including phenoxy) is 2. The summed E-state index contributed by atoms with van der Waals surface area (Å²) in [6.07, 6.45) is 3.14.